The summed E-state index contributed by atoms with van der Waals surface area (Å²) in [5.41, 5.74) is 5.87. The van der Waals surface area contributed by atoms with Crippen molar-refractivity contribution in [2.75, 3.05) is 5.32 Å². The van der Waals surface area contributed by atoms with Crippen LogP contribution in [0.2, 0.25) is 0 Å². The van der Waals surface area contributed by atoms with Crippen LogP contribution in [0.5, 0.6) is 0 Å². The topological polar surface area (TPSA) is 42.2 Å². The molecule has 0 unspecified atom stereocenters. The number of benzene rings is 2. The molecule has 3 rings (SSSR count). The van der Waals surface area contributed by atoms with Crippen LogP contribution in [0.3, 0.4) is 0 Å². The van der Waals surface area contributed by atoms with E-state index < -0.39 is 0 Å². The summed E-state index contributed by atoms with van der Waals surface area (Å²) >= 11 is 0. The van der Waals surface area contributed by atoms with Gasteiger partial charge in [-0.05, 0) is 61.2 Å². The number of rotatable bonds is 3. The first-order valence-electron chi connectivity index (χ1n) is 7.38. The number of nitrogens with one attached hydrogen (secondary N) is 1. The second kappa shape index (κ2) is 5.68. The Balaban J connectivity index is 2.01. The molecule has 0 saturated heterocycles. The van der Waals surface area contributed by atoms with Crippen molar-refractivity contribution in [3.05, 3.63) is 75.1 Å². The highest BCUT2D eigenvalue weighted by Gasteiger charge is 2.08. The van der Waals surface area contributed by atoms with Crippen molar-refractivity contribution >= 4 is 16.7 Å². The van der Waals surface area contributed by atoms with Crippen LogP contribution < -0.4 is 10.9 Å². The fraction of sp³-hybridized carbons (Fsp3) is 0.211. The van der Waals surface area contributed by atoms with Crippen molar-refractivity contribution in [3.63, 3.8) is 0 Å². The van der Waals surface area contributed by atoms with Gasteiger partial charge in [-0.3, -0.25) is 0 Å². The van der Waals surface area contributed by atoms with E-state index in [2.05, 4.69) is 31.3 Å². The molecule has 0 aliphatic carbocycles. The molecule has 0 spiro atoms. The van der Waals surface area contributed by atoms with E-state index in [1.165, 1.54) is 11.1 Å². The molecule has 22 heavy (non-hydrogen) atoms. The Hall–Kier alpha value is -2.55. The molecule has 0 saturated carbocycles. The first kappa shape index (κ1) is 14.4. The van der Waals surface area contributed by atoms with Crippen molar-refractivity contribution in [2.24, 2.45) is 0 Å². The summed E-state index contributed by atoms with van der Waals surface area (Å²) in [5.74, 6) is 0. The Bertz CT molecular complexity index is 894. The summed E-state index contributed by atoms with van der Waals surface area (Å²) in [6.45, 7) is 6.74. The molecule has 2 aromatic carbocycles. The summed E-state index contributed by atoms with van der Waals surface area (Å²) in [5, 5.41) is 4.39. The van der Waals surface area contributed by atoms with Crippen molar-refractivity contribution in [3.8, 4) is 0 Å². The second-order valence-electron chi connectivity index (χ2n) is 5.69. The lowest BCUT2D eigenvalue weighted by Gasteiger charge is -2.11. The van der Waals surface area contributed by atoms with E-state index >= 15 is 0 Å². The Kier molecular flexibility index (Phi) is 3.72. The van der Waals surface area contributed by atoms with Gasteiger partial charge in [-0.2, -0.15) is 0 Å². The van der Waals surface area contributed by atoms with Gasteiger partial charge in [0.15, 0.2) is 0 Å². The zero-order valence-corrected chi connectivity index (χ0v) is 13.1. The lowest BCUT2D eigenvalue weighted by Crippen LogP contribution is -2.06. The van der Waals surface area contributed by atoms with Gasteiger partial charge < -0.3 is 9.73 Å². The highest BCUT2D eigenvalue weighted by Crippen LogP contribution is 2.23. The van der Waals surface area contributed by atoms with Crippen LogP contribution >= 0.6 is 0 Å². The molecule has 112 valence electrons. The first-order chi connectivity index (χ1) is 10.5. The minimum Gasteiger partial charge on any atom is -0.423 e. The van der Waals surface area contributed by atoms with Gasteiger partial charge in [0.1, 0.15) is 5.58 Å². The minimum absolute atomic E-state index is 0.308. The fourth-order valence-electron chi connectivity index (χ4n) is 2.59. The van der Waals surface area contributed by atoms with E-state index in [1.54, 1.807) is 6.07 Å². The quantitative estimate of drug-likeness (QED) is 0.731. The van der Waals surface area contributed by atoms with E-state index in [0.29, 0.717) is 12.1 Å². The lowest BCUT2D eigenvalue weighted by molar-refractivity contribution is 0.559. The van der Waals surface area contributed by atoms with Gasteiger partial charge in [-0.25, -0.2) is 4.79 Å². The van der Waals surface area contributed by atoms with Gasteiger partial charge in [0.05, 0.1) is 0 Å². The summed E-state index contributed by atoms with van der Waals surface area (Å²) < 4.78 is 5.33. The van der Waals surface area contributed by atoms with Crippen LogP contribution in [0.25, 0.3) is 11.0 Å². The second-order valence-corrected chi connectivity index (χ2v) is 5.69. The number of para-hydroxylation sites is 1. The van der Waals surface area contributed by atoms with E-state index in [-0.39, 0.29) is 5.63 Å². The Morgan fingerprint density at radius 2 is 1.68 bits per heavy atom. The maximum absolute atomic E-state index is 11.8. The highest BCUT2D eigenvalue weighted by molar-refractivity contribution is 5.82. The molecule has 0 atom stereocenters. The third-order valence-corrected chi connectivity index (χ3v) is 4.06. The third kappa shape index (κ3) is 2.75. The molecule has 1 heterocycles. The molecular formula is C19H19NO2. The molecule has 0 radical (unpaired) electrons. The van der Waals surface area contributed by atoms with Crippen LogP contribution in [0, 0.1) is 20.8 Å². The maximum Gasteiger partial charge on any atom is 0.336 e. The van der Waals surface area contributed by atoms with Gasteiger partial charge >= 0.3 is 5.63 Å². The van der Waals surface area contributed by atoms with Gasteiger partial charge in [-0.1, -0.05) is 18.2 Å². The monoisotopic (exact) mass is 293 g/mol. The molecule has 3 heteroatoms. The SMILES string of the molecule is Cc1cc2oc(=O)cc(CNc3ccccc3C)c2cc1C. The normalized spacial score (nSPS) is 10.9. The molecule has 3 nitrogen and oxygen atoms in total. The molecule has 0 fully saturated rings. The predicted octanol–water partition coefficient (Wildman–Crippen LogP) is 4.33. The van der Waals surface area contributed by atoms with Crippen LogP contribution in [0.1, 0.15) is 22.3 Å². The van der Waals surface area contributed by atoms with Crippen molar-refractivity contribution in [2.45, 2.75) is 27.3 Å². The number of hydrogen-bond acceptors (Lipinski definition) is 3. The summed E-state index contributed by atoms with van der Waals surface area (Å²) in [4.78, 5) is 11.8. The molecule has 1 N–H and O–H groups in total. The standard InChI is InChI=1S/C19H19NO2/c1-12-6-4-5-7-17(12)20-11-15-10-19(21)22-18-9-14(3)13(2)8-16(15)18/h4-10,20H,11H2,1-3H3. The zero-order valence-electron chi connectivity index (χ0n) is 13.1. The van der Waals surface area contributed by atoms with Gasteiger partial charge in [0.25, 0.3) is 0 Å². The molecule has 1 aromatic heterocycles. The summed E-state index contributed by atoms with van der Waals surface area (Å²) in [6.07, 6.45) is 0. The van der Waals surface area contributed by atoms with Crippen LogP contribution in [-0.4, -0.2) is 0 Å². The first-order valence-corrected chi connectivity index (χ1v) is 7.38. The molecule has 3 aromatic rings. The van der Waals surface area contributed by atoms with Crippen molar-refractivity contribution in [1.29, 1.82) is 0 Å². The van der Waals surface area contributed by atoms with Crippen molar-refractivity contribution < 1.29 is 4.42 Å². The smallest absolute Gasteiger partial charge is 0.336 e. The van der Waals surface area contributed by atoms with Gasteiger partial charge in [-0.15, -0.1) is 0 Å². The largest absolute Gasteiger partial charge is 0.423 e. The Morgan fingerprint density at radius 1 is 0.955 bits per heavy atom. The molecule has 0 bridgehead atoms. The predicted molar refractivity (Wildman–Crippen MR) is 90.5 cm³/mol. The zero-order chi connectivity index (χ0) is 15.7. The number of fused-ring (bicyclic) bond motifs is 1. The van der Waals surface area contributed by atoms with E-state index in [0.717, 1.165) is 22.2 Å². The van der Waals surface area contributed by atoms with Gasteiger partial charge in [0, 0.05) is 23.7 Å². The highest BCUT2D eigenvalue weighted by atomic mass is 16.4. The summed E-state index contributed by atoms with van der Waals surface area (Å²) in [7, 11) is 0. The fourth-order valence-corrected chi connectivity index (χ4v) is 2.59. The maximum atomic E-state index is 11.8. The van der Waals surface area contributed by atoms with Crippen LogP contribution in [0.15, 0.2) is 51.7 Å². The lowest BCUT2D eigenvalue weighted by atomic mass is 10.0. The number of aryl methyl sites for hydroxylation is 3. The van der Waals surface area contributed by atoms with E-state index in [4.69, 9.17) is 4.42 Å². The van der Waals surface area contributed by atoms with E-state index in [1.807, 2.05) is 31.2 Å². The average molecular weight is 293 g/mol. The average Bonchev–Trinajstić information content (AvgIpc) is 2.48. The van der Waals surface area contributed by atoms with Crippen LogP contribution in [0.4, 0.5) is 5.69 Å². The van der Waals surface area contributed by atoms with Gasteiger partial charge in [0.2, 0.25) is 0 Å². The number of hydrogen-bond donors (Lipinski definition) is 1. The molecule has 0 aliphatic rings. The van der Waals surface area contributed by atoms with Crippen LogP contribution in [-0.2, 0) is 6.54 Å². The molecule has 0 amide bonds. The molecular weight excluding hydrogens is 274 g/mol. The summed E-state index contributed by atoms with van der Waals surface area (Å²) in [6, 6.07) is 13.7. The van der Waals surface area contributed by atoms with E-state index in [9.17, 15) is 4.79 Å². The minimum atomic E-state index is -0.308. The van der Waals surface area contributed by atoms with Crippen molar-refractivity contribution in [1.82, 2.24) is 0 Å². The third-order valence-electron chi connectivity index (χ3n) is 4.06. The Morgan fingerprint density at radius 3 is 2.45 bits per heavy atom. The molecule has 0 aliphatic heterocycles. The Labute approximate surface area is 129 Å². The number of anilines is 1.